The largest absolute Gasteiger partial charge is 0.496 e. The van der Waals surface area contributed by atoms with Gasteiger partial charge in [-0.15, -0.1) is 0 Å². The quantitative estimate of drug-likeness (QED) is 0.100. The van der Waals surface area contributed by atoms with Crippen LogP contribution in [0.15, 0.2) is 97.2 Å². The summed E-state index contributed by atoms with van der Waals surface area (Å²) in [6.07, 6.45) is 8.00. The standard InChI is InChI=1S/C41H48N4O2S/c1-42(2)23-11-25-45(4,5)29-31-18-16-30(17-19-31)28-44-24-22-32(34-12-8-9-13-35(34)44)27-40-43(3)36-21-20-33(26-39(36)48-40)41-37(46-6)14-10-15-38(41)47-7/h8-10,12-22,24,26-27H,11,23,25,28-29H2,1-7H3/q+2. The van der Waals surface area contributed by atoms with E-state index < -0.39 is 0 Å². The molecule has 4 aromatic carbocycles. The first-order chi connectivity index (χ1) is 23.2. The van der Waals surface area contributed by atoms with Gasteiger partial charge in [-0.3, -0.25) is 0 Å². The van der Waals surface area contributed by atoms with E-state index in [0.29, 0.717) is 0 Å². The molecule has 0 atom stereocenters. The van der Waals surface area contributed by atoms with E-state index >= 15 is 0 Å². The van der Waals surface area contributed by atoms with Crippen LogP contribution in [0.2, 0.25) is 0 Å². The van der Waals surface area contributed by atoms with E-state index in [1.807, 2.05) is 18.2 Å². The van der Waals surface area contributed by atoms with Crippen LogP contribution in [0.1, 0.15) is 28.1 Å². The molecule has 248 valence electrons. The molecule has 6 rings (SSSR count). The number of nitrogens with zero attached hydrogens (tertiary/aromatic N) is 4. The summed E-state index contributed by atoms with van der Waals surface area (Å²) in [6, 6.07) is 30.4. The first-order valence-corrected chi connectivity index (χ1v) is 17.4. The van der Waals surface area contributed by atoms with Crippen molar-refractivity contribution in [1.29, 1.82) is 0 Å². The summed E-state index contributed by atoms with van der Waals surface area (Å²) in [5.41, 5.74) is 9.61. The molecule has 0 N–H and O–H groups in total. The Morgan fingerprint density at radius 1 is 0.875 bits per heavy atom. The van der Waals surface area contributed by atoms with Crippen LogP contribution in [0.25, 0.3) is 33.0 Å². The van der Waals surface area contributed by atoms with Gasteiger partial charge in [-0.2, -0.15) is 4.57 Å². The molecule has 0 bridgehead atoms. The van der Waals surface area contributed by atoms with Crippen molar-refractivity contribution >= 4 is 38.9 Å². The van der Waals surface area contributed by atoms with Gasteiger partial charge in [0.1, 0.15) is 29.8 Å². The maximum Gasteiger partial charge on any atom is 0.263 e. The predicted octanol–water partition coefficient (Wildman–Crippen LogP) is 8.01. The lowest BCUT2D eigenvalue weighted by molar-refractivity contribution is -0.903. The number of hydrogen-bond acceptors (Lipinski definition) is 5. The van der Waals surface area contributed by atoms with Crippen molar-refractivity contribution in [3.8, 4) is 22.6 Å². The van der Waals surface area contributed by atoms with Gasteiger partial charge in [0.15, 0.2) is 0 Å². The second-order valence-electron chi connectivity index (χ2n) is 13.6. The van der Waals surface area contributed by atoms with Crippen LogP contribution in [-0.2, 0) is 20.1 Å². The van der Waals surface area contributed by atoms with Crippen molar-refractivity contribution in [1.82, 2.24) is 4.90 Å². The molecule has 7 heteroatoms. The summed E-state index contributed by atoms with van der Waals surface area (Å²) in [7, 11) is 14.5. The summed E-state index contributed by atoms with van der Waals surface area (Å²) in [4.78, 5) is 4.63. The van der Waals surface area contributed by atoms with Crippen LogP contribution in [0.4, 0.5) is 5.69 Å². The monoisotopic (exact) mass is 660 g/mol. The Morgan fingerprint density at radius 2 is 1.58 bits per heavy atom. The summed E-state index contributed by atoms with van der Waals surface area (Å²) in [5.74, 6) is 1.60. The first-order valence-electron chi connectivity index (χ1n) is 16.6. The van der Waals surface area contributed by atoms with Gasteiger partial charge in [0.25, 0.3) is 5.01 Å². The molecule has 48 heavy (non-hydrogen) atoms. The number of allylic oxidation sites excluding steroid dienone is 2. The number of benzene rings is 4. The Balaban J connectivity index is 1.22. The zero-order chi connectivity index (χ0) is 33.8. The summed E-state index contributed by atoms with van der Waals surface area (Å²) < 4.78 is 15.9. The molecule has 0 saturated heterocycles. The SMILES string of the molecule is COc1cccc(OC)c1-c1ccc2c(c1)sc(C=C1C=CN(Cc3ccc(C[N+](C)(C)CCCN(C)C)cc3)c3ccccc31)[n+]2C. The molecule has 0 aliphatic carbocycles. The molecule has 5 aromatic rings. The number of hydrogen-bond donors (Lipinski definition) is 0. The molecule has 0 amide bonds. The Morgan fingerprint density at radius 3 is 2.29 bits per heavy atom. The zero-order valence-electron chi connectivity index (χ0n) is 29.4. The summed E-state index contributed by atoms with van der Waals surface area (Å²) >= 11 is 1.80. The van der Waals surface area contributed by atoms with Gasteiger partial charge in [-0.05, 0) is 67.2 Å². The molecule has 2 heterocycles. The molecule has 0 unspecified atom stereocenters. The fourth-order valence-corrected chi connectivity index (χ4v) is 7.77. The number of ether oxygens (including phenoxy) is 2. The van der Waals surface area contributed by atoms with E-state index in [0.717, 1.165) is 46.7 Å². The molecule has 1 aliphatic rings. The highest BCUT2D eigenvalue weighted by atomic mass is 32.1. The van der Waals surface area contributed by atoms with Crippen LogP contribution in [0.5, 0.6) is 11.5 Å². The second kappa shape index (κ2) is 14.4. The highest BCUT2D eigenvalue weighted by Gasteiger charge is 2.22. The van der Waals surface area contributed by atoms with Crippen LogP contribution in [0.3, 0.4) is 0 Å². The third kappa shape index (κ3) is 7.34. The molecule has 0 radical (unpaired) electrons. The lowest BCUT2D eigenvalue weighted by Gasteiger charge is -2.30. The number of quaternary nitrogens is 1. The van der Waals surface area contributed by atoms with E-state index in [4.69, 9.17) is 9.47 Å². The molecule has 0 fully saturated rings. The number of rotatable bonds is 12. The summed E-state index contributed by atoms with van der Waals surface area (Å²) in [6.45, 7) is 4.17. The highest BCUT2D eigenvalue weighted by molar-refractivity contribution is 7.19. The smallest absolute Gasteiger partial charge is 0.263 e. The minimum atomic E-state index is 0.802. The van der Waals surface area contributed by atoms with Crippen LogP contribution in [0, 0.1) is 0 Å². The van der Waals surface area contributed by atoms with E-state index in [9.17, 15) is 0 Å². The van der Waals surface area contributed by atoms with Gasteiger partial charge in [0, 0.05) is 54.7 Å². The number of thiazole rings is 1. The van der Waals surface area contributed by atoms with Gasteiger partial charge in [0.05, 0.1) is 40.4 Å². The zero-order valence-corrected chi connectivity index (χ0v) is 30.2. The minimum absolute atomic E-state index is 0.802. The van der Waals surface area contributed by atoms with E-state index in [-0.39, 0.29) is 0 Å². The first kappa shape index (κ1) is 33.5. The van der Waals surface area contributed by atoms with Crippen molar-refractivity contribution in [2.24, 2.45) is 7.05 Å². The van der Waals surface area contributed by atoms with Crippen molar-refractivity contribution in [2.45, 2.75) is 19.5 Å². The van der Waals surface area contributed by atoms with Crippen LogP contribution in [-0.4, -0.2) is 64.9 Å². The Bertz CT molecular complexity index is 1930. The van der Waals surface area contributed by atoms with E-state index in [1.165, 1.54) is 56.1 Å². The Hall–Kier alpha value is -4.43. The topological polar surface area (TPSA) is 28.8 Å². The third-order valence-electron chi connectivity index (χ3n) is 9.18. The molecule has 0 spiro atoms. The normalized spacial score (nSPS) is 13.8. The van der Waals surface area contributed by atoms with Gasteiger partial charge in [-0.1, -0.05) is 59.9 Å². The molecule has 1 aliphatic heterocycles. The van der Waals surface area contributed by atoms with Gasteiger partial charge in [-0.25, -0.2) is 0 Å². The average Bonchev–Trinajstić information content (AvgIpc) is 3.39. The fraction of sp³-hybridized carbons (Fsp3) is 0.293. The van der Waals surface area contributed by atoms with Crippen LogP contribution < -0.4 is 18.9 Å². The third-order valence-corrected chi connectivity index (χ3v) is 10.3. The molecular formula is C41H48N4O2S+2. The molecule has 6 nitrogen and oxygen atoms in total. The van der Waals surface area contributed by atoms with Crippen molar-refractivity contribution < 1.29 is 18.5 Å². The van der Waals surface area contributed by atoms with Crippen molar-refractivity contribution in [3.63, 3.8) is 0 Å². The highest BCUT2D eigenvalue weighted by Crippen LogP contribution is 2.40. The fourth-order valence-electron chi connectivity index (χ4n) is 6.63. The Kier molecular flexibility index (Phi) is 10.0. The predicted molar refractivity (Wildman–Crippen MR) is 201 cm³/mol. The van der Waals surface area contributed by atoms with Crippen LogP contribution >= 0.6 is 11.3 Å². The van der Waals surface area contributed by atoms with Crippen molar-refractivity contribution in [2.75, 3.05) is 60.4 Å². The maximum absolute atomic E-state index is 5.70. The maximum atomic E-state index is 5.70. The van der Waals surface area contributed by atoms with Gasteiger partial charge >= 0.3 is 0 Å². The average molecular weight is 661 g/mol. The van der Waals surface area contributed by atoms with Gasteiger partial charge < -0.3 is 23.8 Å². The minimum Gasteiger partial charge on any atom is -0.496 e. The molecule has 0 saturated carbocycles. The summed E-state index contributed by atoms with van der Waals surface area (Å²) in [5, 5.41) is 1.19. The Labute approximate surface area is 290 Å². The second-order valence-corrected chi connectivity index (χ2v) is 14.6. The number of para-hydroxylation sites is 1. The number of fused-ring (bicyclic) bond motifs is 2. The number of aromatic nitrogens is 1. The van der Waals surface area contributed by atoms with E-state index in [2.05, 4.69) is 135 Å². The lowest BCUT2D eigenvalue weighted by Crippen LogP contribution is -2.40. The van der Waals surface area contributed by atoms with Crippen molar-refractivity contribution in [3.05, 3.63) is 119 Å². The van der Waals surface area contributed by atoms with Gasteiger partial charge in [0.2, 0.25) is 5.52 Å². The number of aryl methyl sites for hydroxylation is 1. The van der Waals surface area contributed by atoms with E-state index in [1.54, 1.807) is 25.6 Å². The molecular weight excluding hydrogens is 613 g/mol. The number of anilines is 1. The molecule has 1 aromatic heterocycles. The number of methoxy groups -OCH3 is 2. The lowest BCUT2D eigenvalue weighted by atomic mass is 9.99.